The molecule has 1 atom stereocenters. The molecule has 0 rings (SSSR count). The molecule has 0 spiro atoms. The topological polar surface area (TPSA) is 46.2 Å². The van der Waals surface area contributed by atoms with Crippen LogP contribution in [0.2, 0.25) is 0 Å². The smallest absolute Gasteiger partial charge is 0.193 e. The maximum atomic E-state index is 6.78. The molecule has 0 aromatic rings. The molecule has 5 heteroatoms. The van der Waals surface area contributed by atoms with Crippen LogP contribution in [0.15, 0.2) is 0 Å². The summed E-state index contributed by atoms with van der Waals surface area (Å²) in [6.07, 6.45) is 0.376. The first-order valence-electron chi connectivity index (χ1n) is 11.7. The third-order valence-electron chi connectivity index (χ3n) is 3.80. The van der Waals surface area contributed by atoms with E-state index >= 15 is 0 Å². The molecule has 0 saturated heterocycles. The maximum Gasteiger partial charge on any atom is 0.193 e. The fourth-order valence-corrected chi connectivity index (χ4v) is 3.01. The second kappa shape index (κ2) is 10.8. The first kappa shape index (κ1) is 30.8. The molecule has 0 aliphatic rings. The zero-order chi connectivity index (χ0) is 24.9. The van der Waals surface area contributed by atoms with E-state index in [4.69, 9.17) is 23.7 Å². The predicted octanol–water partition coefficient (Wildman–Crippen LogP) is 6.76. The van der Waals surface area contributed by atoms with Crippen molar-refractivity contribution in [1.29, 1.82) is 0 Å². The highest BCUT2D eigenvalue weighted by molar-refractivity contribution is 4.84. The average molecular weight is 447 g/mol. The Hall–Kier alpha value is -0.200. The minimum absolute atomic E-state index is 0.0349. The molecule has 0 bridgehead atoms. The van der Waals surface area contributed by atoms with E-state index in [0.29, 0.717) is 26.2 Å². The largest absolute Gasteiger partial charge is 0.373 e. The number of hydrogen-bond acceptors (Lipinski definition) is 5. The van der Waals surface area contributed by atoms with Gasteiger partial charge < -0.3 is 23.7 Å². The summed E-state index contributed by atoms with van der Waals surface area (Å²) in [5, 5.41) is 0. The Morgan fingerprint density at radius 3 is 1.19 bits per heavy atom. The van der Waals surface area contributed by atoms with E-state index in [-0.39, 0.29) is 28.3 Å². The Morgan fingerprint density at radius 2 is 0.903 bits per heavy atom. The van der Waals surface area contributed by atoms with Crippen LogP contribution in [-0.2, 0) is 23.7 Å². The summed E-state index contributed by atoms with van der Waals surface area (Å²) in [5.41, 5.74) is -1.31. The number of hydrogen-bond donors (Lipinski definition) is 0. The van der Waals surface area contributed by atoms with Crippen molar-refractivity contribution in [2.24, 2.45) is 5.41 Å². The Bertz CT molecular complexity index is 472. The number of ether oxygens (including phenoxy) is 5. The van der Waals surface area contributed by atoms with Crippen molar-refractivity contribution in [3.8, 4) is 0 Å². The maximum absolute atomic E-state index is 6.78. The minimum atomic E-state index is -0.934. The molecule has 0 saturated carbocycles. The average Bonchev–Trinajstić information content (AvgIpc) is 2.42. The van der Waals surface area contributed by atoms with E-state index in [1.807, 2.05) is 41.5 Å². The number of rotatable bonds is 10. The van der Waals surface area contributed by atoms with E-state index in [0.717, 1.165) is 0 Å². The van der Waals surface area contributed by atoms with Crippen molar-refractivity contribution in [3.63, 3.8) is 0 Å². The molecule has 0 amide bonds. The van der Waals surface area contributed by atoms with Crippen LogP contribution in [0.4, 0.5) is 0 Å². The molecule has 0 aromatic carbocycles. The molecule has 0 aromatic heterocycles. The van der Waals surface area contributed by atoms with E-state index in [1.165, 1.54) is 0 Å². The fraction of sp³-hybridized carbons (Fsp3) is 1.00. The predicted molar refractivity (Wildman–Crippen MR) is 130 cm³/mol. The van der Waals surface area contributed by atoms with Gasteiger partial charge >= 0.3 is 0 Å². The molecule has 0 aliphatic heterocycles. The second-order valence-corrected chi connectivity index (χ2v) is 13.9. The fourth-order valence-electron chi connectivity index (χ4n) is 3.01. The normalized spacial score (nSPS) is 16.6. The summed E-state index contributed by atoms with van der Waals surface area (Å²) in [4.78, 5) is 0. The van der Waals surface area contributed by atoms with Crippen LogP contribution in [0.3, 0.4) is 0 Å². The monoisotopic (exact) mass is 446 g/mol. The molecule has 188 valence electrons. The molecule has 0 heterocycles. The van der Waals surface area contributed by atoms with Crippen LogP contribution in [0.5, 0.6) is 0 Å². The highest BCUT2D eigenvalue weighted by Crippen LogP contribution is 2.37. The summed E-state index contributed by atoms with van der Waals surface area (Å²) >= 11 is 0. The van der Waals surface area contributed by atoms with Crippen molar-refractivity contribution < 1.29 is 23.7 Å². The molecular weight excluding hydrogens is 392 g/mol. The van der Waals surface area contributed by atoms with Crippen molar-refractivity contribution in [2.45, 2.75) is 145 Å². The van der Waals surface area contributed by atoms with E-state index < -0.39 is 11.4 Å². The zero-order valence-corrected chi connectivity index (χ0v) is 23.4. The molecule has 1 unspecified atom stereocenters. The van der Waals surface area contributed by atoms with Gasteiger partial charge in [-0.3, -0.25) is 0 Å². The Balaban J connectivity index is 6.02. The molecule has 0 fully saturated rings. The minimum Gasteiger partial charge on any atom is -0.373 e. The van der Waals surface area contributed by atoms with Gasteiger partial charge in [-0.25, -0.2) is 0 Å². The lowest BCUT2D eigenvalue weighted by atomic mass is 9.87. The van der Waals surface area contributed by atoms with Crippen molar-refractivity contribution in [2.75, 3.05) is 19.8 Å². The summed E-state index contributed by atoms with van der Waals surface area (Å²) in [7, 11) is 0. The van der Waals surface area contributed by atoms with Crippen molar-refractivity contribution in [1.82, 2.24) is 0 Å². The van der Waals surface area contributed by atoms with Gasteiger partial charge in [-0.2, -0.15) is 0 Å². The second-order valence-electron chi connectivity index (χ2n) is 13.9. The lowest BCUT2D eigenvalue weighted by molar-refractivity contribution is -0.339. The van der Waals surface area contributed by atoms with Gasteiger partial charge in [0, 0.05) is 6.42 Å². The Labute approximate surface area is 193 Å². The molecule has 0 aliphatic carbocycles. The quantitative estimate of drug-likeness (QED) is 0.347. The Morgan fingerprint density at radius 1 is 0.516 bits per heavy atom. The summed E-state index contributed by atoms with van der Waals surface area (Å²) in [5.74, 6) is -0.934. The molecule has 31 heavy (non-hydrogen) atoms. The van der Waals surface area contributed by atoms with Crippen LogP contribution in [0.1, 0.15) is 110 Å². The van der Waals surface area contributed by atoms with Gasteiger partial charge in [0.25, 0.3) is 0 Å². The molecule has 5 nitrogen and oxygen atoms in total. The lowest BCUT2D eigenvalue weighted by Gasteiger charge is -2.45. The van der Waals surface area contributed by atoms with Crippen molar-refractivity contribution in [3.05, 3.63) is 0 Å². The van der Waals surface area contributed by atoms with E-state index in [9.17, 15) is 0 Å². The lowest BCUT2D eigenvalue weighted by Crippen LogP contribution is -2.53. The summed E-state index contributed by atoms with van der Waals surface area (Å²) < 4.78 is 31.9. The van der Waals surface area contributed by atoms with Gasteiger partial charge in [0.05, 0.1) is 35.6 Å². The standard InChI is InChI=1S/C26H54O5/c1-21(2,3)18-26(31-25(13,14)15,19-29-24(10,11)12)30-20(16-27-22(4,5)6)17-28-23(7,8)9/h20H,16-19H2,1-15H3. The van der Waals surface area contributed by atoms with Crippen molar-refractivity contribution >= 4 is 0 Å². The van der Waals surface area contributed by atoms with Gasteiger partial charge in [-0.05, 0) is 88.5 Å². The SMILES string of the molecule is CC(C)(C)CC(COC(C)(C)C)(OC(COC(C)(C)C)COC(C)(C)C)OC(C)(C)C. The molecule has 0 radical (unpaired) electrons. The molecular formula is C26H54O5. The van der Waals surface area contributed by atoms with Crippen LogP contribution >= 0.6 is 0 Å². The first-order chi connectivity index (χ1) is 13.4. The summed E-state index contributed by atoms with van der Waals surface area (Å²) in [6, 6.07) is 0. The van der Waals surface area contributed by atoms with Crippen LogP contribution in [0, 0.1) is 5.41 Å². The van der Waals surface area contributed by atoms with Crippen LogP contribution < -0.4 is 0 Å². The highest BCUT2D eigenvalue weighted by Gasteiger charge is 2.43. The van der Waals surface area contributed by atoms with Crippen LogP contribution in [0.25, 0.3) is 0 Å². The van der Waals surface area contributed by atoms with Gasteiger partial charge in [0.2, 0.25) is 0 Å². The third kappa shape index (κ3) is 18.0. The Kier molecular flexibility index (Phi) is 10.7. The zero-order valence-electron chi connectivity index (χ0n) is 23.4. The summed E-state index contributed by atoms with van der Waals surface area (Å²) in [6.45, 7) is 32.3. The van der Waals surface area contributed by atoms with Gasteiger partial charge in [0.15, 0.2) is 5.79 Å². The van der Waals surface area contributed by atoms with E-state index in [1.54, 1.807) is 0 Å². The highest BCUT2D eigenvalue weighted by atomic mass is 16.7. The van der Waals surface area contributed by atoms with Gasteiger partial charge in [0.1, 0.15) is 12.7 Å². The van der Waals surface area contributed by atoms with E-state index in [2.05, 4.69) is 62.3 Å². The van der Waals surface area contributed by atoms with Crippen LogP contribution in [-0.4, -0.2) is 54.1 Å². The first-order valence-corrected chi connectivity index (χ1v) is 11.7. The molecule has 0 N–H and O–H groups in total. The third-order valence-corrected chi connectivity index (χ3v) is 3.80. The van der Waals surface area contributed by atoms with Gasteiger partial charge in [-0.15, -0.1) is 0 Å². The van der Waals surface area contributed by atoms with Gasteiger partial charge in [-0.1, -0.05) is 20.8 Å².